The molecule has 1 heteroatoms. The molecule has 1 N–H and O–H groups in total. The van der Waals surface area contributed by atoms with Crippen LogP contribution in [0.25, 0.3) is 0 Å². The topological polar surface area (TPSA) is 20.2 Å². The second-order valence-corrected chi connectivity index (χ2v) is 3.67. The first-order valence-corrected chi connectivity index (χ1v) is 4.81. The van der Waals surface area contributed by atoms with Crippen LogP contribution in [0.2, 0.25) is 0 Å². The lowest BCUT2D eigenvalue weighted by molar-refractivity contribution is 0.0708. The molecule has 0 aliphatic heterocycles. The van der Waals surface area contributed by atoms with Crippen molar-refractivity contribution in [2.24, 2.45) is 11.8 Å². The van der Waals surface area contributed by atoms with E-state index in [0.717, 1.165) is 19.3 Å². The van der Waals surface area contributed by atoms with E-state index in [1.54, 1.807) is 0 Å². The van der Waals surface area contributed by atoms with Gasteiger partial charge >= 0.3 is 0 Å². The Balaban J connectivity index is 3.81. The molecule has 0 radical (unpaired) electrons. The summed E-state index contributed by atoms with van der Waals surface area (Å²) in [6.07, 6.45) is 3.06. The Labute approximate surface area is 70.8 Å². The van der Waals surface area contributed by atoms with Gasteiger partial charge in [0.05, 0.1) is 6.10 Å². The van der Waals surface area contributed by atoms with Gasteiger partial charge in [-0.25, -0.2) is 0 Å². The normalized spacial score (nSPS) is 16.9. The van der Waals surface area contributed by atoms with Gasteiger partial charge in [-0.15, -0.1) is 0 Å². The first kappa shape index (κ1) is 11.0. The molecule has 11 heavy (non-hydrogen) atoms. The van der Waals surface area contributed by atoms with Gasteiger partial charge in [0.1, 0.15) is 0 Å². The molecule has 0 heterocycles. The van der Waals surface area contributed by atoms with Crippen LogP contribution < -0.4 is 0 Å². The third-order valence-corrected chi connectivity index (χ3v) is 2.41. The minimum atomic E-state index is -0.0787. The first-order chi connectivity index (χ1) is 5.13. The number of hydrogen-bond donors (Lipinski definition) is 1. The van der Waals surface area contributed by atoms with Gasteiger partial charge in [0, 0.05) is 0 Å². The molecule has 0 fully saturated rings. The standard InChI is InChI=1S/C10H22O/c1-5-7-10(11)9(6-2)8(3)4/h8-11H,5-7H2,1-4H3/t9?,10-/m1/s1. The molecular formula is C10H22O. The molecule has 1 nitrogen and oxygen atoms in total. The van der Waals surface area contributed by atoms with E-state index in [9.17, 15) is 5.11 Å². The summed E-state index contributed by atoms with van der Waals surface area (Å²) in [7, 11) is 0. The van der Waals surface area contributed by atoms with Crippen molar-refractivity contribution in [1.29, 1.82) is 0 Å². The Morgan fingerprint density at radius 2 is 1.73 bits per heavy atom. The summed E-state index contributed by atoms with van der Waals surface area (Å²) < 4.78 is 0. The van der Waals surface area contributed by atoms with Crippen molar-refractivity contribution in [2.45, 2.75) is 53.1 Å². The molecule has 0 aliphatic carbocycles. The maximum Gasteiger partial charge on any atom is 0.0570 e. The summed E-state index contributed by atoms with van der Waals surface area (Å²) in [4.78, 5) is 0. The highest BCUT2D eigenvalue weighted by Crippen LogP contribution is 2.21. The largest absolute Gasteiger partial charge is 0.393 e. The fourth-order valence-electron chi connectivity index (χ4n) is 1.70. The van der Waals surface area contributed by atoms with Crippen molar-refractivity contribution in [2.75, 3.05) is 0 Å². The van der Waals surface area contributed by atoms with Crippen molar-refractivity contribution in [3.05, 3.63) is 0 Å². The molecule has 0 aromatic heterocycles. The van der Waals surface area contributed by atoms with Gasteiger partial charge in [0.25, 0.3) is 0 Å². The summed E-state index contributed by atoms with van der Waals surface area (Å²) in [6, 6.07) is 0. The van der Waals surface area contributed by atoms with Crippen LogP contribution in [0, 0.1) is 11.8 Å². The zero-order valence-electron chi connectivity index (χ0n) is 8.30. The summed E-state index contributed by atoms with van der Waals surface area (Å²) >= 11 is 0. The lowest BCUT2D eigenvalue weighted by Gasteiger charge is -2.24. The van der Waals surface area contributed by atoms with E-state index < -0.39 is 0 Å². The number of rotatable bonds is 5. The van der Waals surface area contributed by atoms with Gasteiger partial charge in [-0.3, -0.25) is 0 Å². The zero-order valence-corrected chi connectivity index (χ0v) is 8.30. The number of aliphatic hydroxyl groups excluding tert-OH is 1. The molecule has 0 rings (SSSR count). The third kappa shape index (κ3) is 3.76. The van der Waals surface area contributed by atoms with Crippen molar-refractivity contribution in [3.63, 3.8) is 0 Å². The van der Waals surface area contributed by atoms with Crippen LogP contribution in [0.5, 0.6) is 0 Å². The SMILES string of the molecule is CCC[C@@H](O)C(CC)C(C)C. The van der Waals surface area contributed by atoms with Crippen LogP contribution in [0.3, 0.4) is 0 Å². The van der Waals surface area contributed by atoms with Crippen LogP contribution in [0.4, 0.5) is 0 Å². The van der Waals surface area contributed by atoms with Gasteiger partial charge in [0.15, 0.2) is 0 Å². The quantitative estimate of drug-likeness (QED) is 0.652. The second kappa shape index (κ2) is 5.59. The molecule has 2 atom stereocenters. The van der Waals surface area contributed by atoms with Gasteiger partial charge in [-0.1, -0.05) is 40.5 Å². The Morgan fingerprint density at radius 3 is 2.00 bits per heavy atom. The van der Waals surface area contributed by atoms with Crippen LogP contribution in [0.1, 0.15) is 47.0 Å². The number of aliphatic hydroxyl groups is 1. The van der Waals surface area contributed by atoms with E-state index in [1.807, 2.05) is 0 Å². The maximum atomic E-state index is 9.68. The fourth-order valence-corrected chi connectivity index (χ4v) is 1.70. The highest BCUT2D eigenvalue weighted by molar-refractivity contribution is 4.69. The molecule has 1 unspecified atom stereocenters. The smallest absolute Gasteiger partial charge is 0.0570 e. The fraction of sp³-hybridized carbons (Fsp3) is 1.00. The van der Waals surface area contributed by atoms with Gasteiger partial charge in [-0.2, -0.15) is 0 Å². The highest BCUT2D eigenvalue weighted by Gasteiger charge is 2.19. The van der Waals surface area contributed by atoms with Crippen LogP contribution >= 0.6 is 0 Å². The van der Waals surface area contributed by atoms with Gasteiger partial charge in [-0.05, 0) is 18.3 Å². The molecule has 0 aromatic rings. The predicted octanol–water partition coefficient (Wildman–Crippen LogP) is 2.83. The minimum Gasteiger partial charge on any atom is -0.393 e. The third-order valence-electron chi connectivity index (χ3n) is 2.41. The van der Waals surface area contributed by atoms with Gasteiger partial charge in [0.2, 0.25) is 0 Å². The molecular weight excluding hydrogens is 136 g/mol. The average Bonchev–Trinajstić information content (AvgIpc) is 1.88. The summed E-state index contributed by atoms with van der Waals surface area (Å²) in [6.45, 7) is 8.65. The molecule has 0 saturated carbocycles. The molecule has 0 saturated heterocycles. The Kier molecular flexibility index (Phi) is 5.57. The van der Waals surface area contributed by atoms with Crippen molar-refractivity contribution >= 4 is 0 Å². The molecule has 68 valence electrons. The summed E-state index contributed by atoms with van der Waals surface area (Å²) in [5.41, 5.74) is 0. The van der Waals surface area contributed by atoms with Crippen LogP contribution in [-0.4, -0.2) is 11.2 Å². The van der Waals surface area contributed by atoms with E-state index in [1.165, 1.54) is 0 Å². The van der Waals surface area contributed by atoms with Crippen molar-refractivity contribution < 1.29 is 5.11 Å². The lowest BCUT2D eigenvalue weighted by Crippen LogP contribution is -2.24. The summed E-state index contributed by atoms with van der Waals surface area (Å²) in [5, 5.41) is 9.68. The van der Waals surface area contributed by atoms with E-state index in [0.29, 0.717) is 11.8 Å². The summed E-state index contributed by atoms with van der Waals surface area (Å²) in [5.74, 6) is 1.11. The molecule has 0 bridgehead atoms. The Hall–Kier alpha value is -0.0400. The predicted molar refractivity (Wildman–Crippen MR) is 49.5 cm³/mol. The Bertz CT molecular complexity index is 88.9. The van der Waals surface area contributed by atoms with Crippen molar-refractivity contribution in [1.82, 2.24) is 0 Å². The van der Waals surface area contributed by atoms with Crippen LogP contribution in [0.15, 0.2) is 0 Å². The van der Waals surface area contributed by atoms with Crippen LogP contribution in [-0.2, 0) is 0 Å². The first-order valence-electron chi connectivity index (χ1n) is 4.81. The van der Waals surface area contributed by atoms with E-state index in [4.69, 9.17) is 0 Å². The number of hydrogen-bond acceptors (Lipinski definition) is 1. The minimum absolute atomic E-state index is 0.0787. The Morgan fingerprint density at radius 1 is 1.18 bits per heavy atom. The van der Waals surface area contributed by atoms with E-state index in [2.05, 4.69) is 27.7 Å². The monoisotopic (exact) mass is 158 g/mol. The lowest BCUT2D eigenvalue weighted by atomic mass is 9.86. The molecule has 0 amide bonds. The average molecular weight is 158 g/mol. The molecule has 0 aromatic carbocycles. The molecule has 0 aliphatic rings. The second-order valence-electron chi connectivity index (χ2n) is 3.67. The zero-order chi connectivity index (χ0) is 8.85. The highest BCUT2D eigenvalue weighted by atomic mass is 16.3. The van der Waals surface area contributed by atoms with Crippen molar-refractivity contribution in [3.8, 4) is 0 Å². The van der Waals surface area contributed by atoms with Gasteiger partial charge < -0.3 is 5.11 Å². The van der Waals surface area contributed by atoms with E-state index >= 15 is 0 Å². The maximum absolute atomic E-state index is 9.68. The van der Waals surface area contributed by atoms with E-state index in [-0.39, 0.29) is 6.10 Å². The molecule has 0 spiro atoms.